The number of rotatable bonds is 7. The molecular weight excluding hydrogens is 206 g/mol. The van der Waals surface area contributed by atoms with E-state index in [0.717, 1.165) is 43.3 Å². The molecule has 1 aromatic heterocycles. The molecule has 92 valence electrons. The lowest BCUT2D eigenvalue weighted by Crippen LogP contribution is -2.10. The summed E-state index contributed by atoms with van der Waals surface area (Å²) in [4.78, 5) is 0. The lowest BCUT2D eigenvalue weighted by atomic mass is 10.3. The SMILES string of the molecule is COCCCOCCn1nc(C)c(N)c1C. The van der Waals surface area contributed by atoms with E-state index in [1.807, 2.05) is 18.5 Å². The van der Waals surface area contributed by atoms with Gasteiger partial charge in [-0.25, -0.2) is 0 Å². The highest BCUT2D eigenvalue weighted by Gasteiger charge is 2.06. The molecule has 0 aliphatic heterocycles. The standard InChI is InChI=1S/C11H21N3O2/c1-9-11(12)10(2)14(13-9)5-8-16-7-4-6-15-3/h4-8,12H2,1-3H3. The minimum Gasteiger partial charge on any atom is -0.396 e. The van der Waals surface area contributed by atoms with Crippen molar-refractivity contribution in [3.05, 3.63) is 11.4 Å². The first kappa shape index (κ1) is 13.0. The van der Waals surface area contributed by atoms with Crippen LogP contribution in [0, 0.1) is 13.8 Å². The van der Waals surface area contributed by atoms with Crippen LogP contribution >= 0.6 is 0 Å². The third-order valence-electron chi connectivity index (χ3n) is 2.52. The third kappa shape index (κ3) is 3.50. The van der Waals surface area contributed by atoms with Gasteiger partial charge in [0, 0.05) is 20.3 Å². The minimum atomic E-state index is 0.658. The maximum Gasteiger partial charge on any atom is 0.0825 e. The van der Waals surface area contributed by atoms with Crippen molar-refractivity contribution in [2.24, 2.45) is 0 Å². The summed E-state index contributed by atoms with van der Waals surface area (Å²) in [5.41, 5.74) is 8.51. The molecule has 5 heteroatoms. The van der Waals surface area contributed by atoms with Crippen LogP contribution in [0.5, 0.6) is 0 Å². The Kier molecular flexibility index (Phi) is 5.28. The van der Waals surface area contributed by atoms with Gasteiger partial charge in [0.2, 0.25) is 0 Å². The molecule has 1 aromatic rings. The number of nitrogen functional groups attached to an aromatic ring is 1. The van der Waals surface area contributed by atoms with Crippen LogP contribution < -0.4 is 5.73 Å². The molecule has 0 atom stereocenters. The van der Waals surface area contributed by atoms with Crippen molar-refractivity contribution in [1.82, 2.24) is 9.78 Å². The molecule has 1 rings (SSSR count). The fourth-order valence-corrected chi connectivity index (χ4v) is 1.49. The number of aryl methyl sites for hydroxylation is 1. The van der Waals surface area contributed by atoms with Crippen molar-refractivity contribution in [2.75, 3.05) is 32.7 Å². The summed E-state index contributed by atoms with van der Waals surface area (Å²) in [6, 6.07) is 0. The van der Waals surface area contributed by atoms with Gasteiger partial charge in [0.1, 0.15) is 0 Å². The van der Waals surface area contributed by atoms with Gasteiger partial charge in [-0.15, -0.1) is 0 Å². The normalized spacial score (nSPS) is 10.9. The maximum absolute atomic E-state index is 5.83. The quantitative estimate of drug-likeness (QED) is 0.709. The summed E-state index contributed by atoms with van der Waals surface area (Å²) in [5, 5.41) is 4.33. The molecule has 5 nitrogen and oxygen atoms in total. The van der Waals surface area contributed by atoms with E-state index in [9.17, 15) is 0 Å². The summed E-state index contributed by atoms with van der Waals surface area (Å²) < 4.78 is 12.3. The number of methoxy groups -OCH3 is 1. The van der Waals surface area contributed by atoms with Gasteiger partial charge in [0.05, 0.1) is 30.2 Å². The van der Waals surface area contributed by atoms with Crippen LogP contribution in [0.25, 0.3) is 0 Å². The van der Waals surface area contributed by atoms with E-state index >= 15 is 0 Å². The van der Waals surface area contributed by atoms with E-state index in [1.165, 1.54) is 0 Å². The summed E-state index contributed by atoms with van der Waals surface area (Å²) in [5.74, 6) is 0. The molecule has 0 saturated carbocycles. The Morgan fingerprint density at radius 1 is 1.25 bits per heavy atom. The molecule has 0 aromatic carbocycles. The summed E-state index contributed by atoms with van der Waals surface area (Å²) in [7, 11) is 1.69. The van der Waals surface area contributed by atoms with Crippen molar-refractivity contribution in [3.8, 4) is 0 Å². The zero-order valence-electron chi connectivity index (χ0n) is 10.3. The zero-order valence-corrected chi connectivity index (χ0v) is 10.3. The van der Waals surface area contributed by atoms with E-state index in [4.69, 9.17) is 15.2 Å². The van der Waals surface area contributed by atoms with Crippen molar-refractivity contribution >= 4 is 5.69 Å². The van der Waals surface area contributed by atoms with E-state index in [-0.39, 0.29) is 0 Å². The molecule has 0 amide bonds. The van der Waals surface area contributed by atoms with E-state index in [2.05, 4.69) is 5.10 Å². The Bertz CT molecular complexity index is 323. The molecule has 0 radical (unpaired) electrons. The second kappa shape index (κ2) is 6.50. The monoisotopic (exact) mass is 227 g/mol. The van der Waals surface area contributed by atoms with E-state index < -0.39 is 0 Å². The Labute approximate surface area is 96.5 Å². The van der Waals surface area contributed by atoms with Gasteiger partial charge in [-0.05, 0) is 20.3 Å². The summed E-state index contributed by atoms with van der Waals surface area (Å²) in [6.07, 6.45) is 0.926. The summed E-state index contributed by atoms with van der Waals surface area (Å²) >= 11 is 0. The summed E-state index contributed by atoms with van der Waals surface area (Å²) in [6.45, 7) is 6.76. The van der Waals surface area contributed by atoms with Crippen LogP contribution in [0.15, 0.2) is 0 Å². The predicted octanol–water partition coefficient (Wildman–Crippen LogP) is 1.14. The number of aromatic nitrogens is 2. The van der Waals surface area contributed by atoms with Crippen LogP contribution in [-0.4, -0.2) is 36.7 Å². The number of hydrogen-bond donors (Lipinski definition) is 1. The molecular formula is C11H21N3O2. The third-order valence-corrected chi connectivity index (χ3v) is 2.52. The fraction of sp³-hybridized carbons (Fsp3) is 0.727. The van der Waals surface area contributed by atoms with Gasteiger partial charge in [-0.2, -0.15) is 5.10 Å². The Morgan fingerprint density at radius 2 is 2.00 bits per heavy atom. The van der Waals surface area contributed by atoms with Gasteiger partial charge in [0.15, 0.2) is 0 Å². The number of nitrogens with zero attached hydrogens (tertiary/aromatic N) is 2. The number of nitrogens with two attached hydrogens (primary N) is 1. The molecule has 2 N–H and O–H groups in total. The van der Waals surface area contributed by atoms with E-state index in [1.54, 1.807) is 7.11 Å². The number of anilines is 1. The van der Waals surface area contributed by atoms with Crippen LogP contribution in [0.3, 0.4) is 0 Å². The molecule has 0 bridgehead atoms. The molecule has 0 unspecified atom stereocenters. The minimum absolute atomic E-state index is 0.658. The highest BCUT2D eigenvalue weighted by Crippen LogP contribution is 2.14. The second-order valence-corrected chi connectivity index (χ2v) is 3.77. The van der Waals surface area contributed by atoms with Crippen molar-refractivity contribution < 1.29 is 9.47 Å². The smallest absolute Gasteiger partial charge is 0.0825 e. The molecule has 1 heterocycles. The zero-order chi connectivity index (χ0) is 12.0. The van der Waals surface area contributed by atoms with Gasteiger partial charge >= 0.3 is 0 Å². The number of ether oxygens (including phenoxy) is 2. The lowest BCUT2D eigenvalue weighted by molar-refractivity contribution is 0.0958. The molecule has 0 spiro atoms. The van der Waals surface area contributed by atoms with Gasteiger partial charge in [0.25, 0.3) is 0 Å². The van der Waals surface area contributed by atoms with Crippen molar-refractivity contribution in [2.45, 2.75) is 26.8 Å². The first-order valence-corrected chi connectivity index (χ1v) is 5.53. The molecule has 0 saturated heterocycles. The second-order valence-electron chi connectivity index (χ2n) is 3.77. The molecule has 16 heavy (non-hydrogen) atoms. The van der Waals surface area contributed by atoms with Crippen molar-refractivity contribution in [3.63, 3.8) is 0 Å². The first-order chi connectivity index (χ1) is 7.66. The van der Waals surface area contributed by atoms with Crippen LogP contribution in [-0.2, 0) is 16.0 Å². The van der Waals surface area contributed by atoms with Crippen LogP contribution in [0.2, 0.25) is 0 Å². The van der Waals surface area contributed by atoms with Gasteiger partial charge < -0.3 is 15.2 Å². The Balaban J connectivity index is 2.24. The van der Waals surface area contributed by atoms with Crippen molar-refractivity contribution in [1.29, 1.82) is 0 Å². The number of hydrogen-bond acceptors (Lipinski definition) is 4. The lowest BCUT2D eigenvalue weighted by Gasteiger charge is -2.06. The fourth-order valence-electron chi connectivity index (χ4n) is 1.49. The highest BCUT2D eigenvalue weighted by atomic mass is 16.5. The average molecular weight is 227 g/mol. The largest absolute Gasteiger partial charge is 0.396 e. The van der Waals surface area contributed by atoms with Gasteiger partial charge in [-0.3, -0.25) is 4.68 Å². The van der Waals surface area contributed by atoms with Crippen LogP contribution in [0.4, 0.5) is 5.69 Å². The maximum atomic E-state index is 5.83. The van der Waals surface area contributed by atoms with Gasteiger partial charge in [-0.1, -0.05) is 0 Å². The van der Waals surface area contributed by atoms with E-state index in [0.29, 0.717) is 6.61 Å². The first-order valence-electron chi connectivity index (χ1n) is 5.53. The Morgan fingerprint density at radius 3 is 2.56 bits per heavy atom. The molecule has 0 aliphatic rings. The molecule has 0 fully saturated rings. The topological polar surface area (TPSA) is 62.3 Å². The van der Waals surface area contributed by atoms with Crippen LogP contribution in [0.1, 0.15) is 17.8 Å². The molecule has 0 aliphatic carbocycles. The average Bonchev–Trinajstić information content (AvgIpc) is 2.51. The highest BCUT2D eigenvalue weighted by molar-refractivity contribution is 5.46. The Hall–Kier alpha value is -1.07. The predicted molar refractivity (Wildman–Crippen MR) is 63.4 cm³/mol.